The highest BCUT2D eigenvalue weighted by molar-refractivity contribution is 6.50. The summed E-state index contributed by atoms with van der Waals surface area (Å²) in [6, 6.07) is 16.6. The molecule has 0 fully saturated rings. The molecule has 0 spiro atoms. The number of nitrogens with zero attached hydrogens (tertiary/aromatic N) is 5. The number of para-hydroxylation sites is 2. The van der Waals surface area contributed by atoms with Crippen LogP contribution in [0.25, 0.3) is 0 Å². The fraction of sp³-hybridized carbons (Fsp3) is 0.269. The summed E-state index contributed by atoms with van der Waals surface area (Å²) in [6.45, 7) is 6.76. The molecule has 0 amide bonds. The zero-order valence-corrected chi connectivity index (χ0v) is 19.3. The molecule has 2 aromatic rings. The summed E-state index contributed by atoms with van der Waals surface area (Å²) >= 11 is 0. The van der Waals surface area contributed by atoms with Gasteiger partial charge in [-0.3, -0.25) is 9.98 Å². The third kappa shape index (κ3) is 5.00. The Morgan fingerprint density at radius 1 is 0.935 bits per heavy atom. The van der Waals surface area contributed by atoms with Crippen molar-refractivity contribution in [2.24, 2.45) is 15.0 Å². The maximum absolute atomic E-state index is 4.60. The fourth-order valence-electron chi connectivity index (χ4n) is 3.79. The zero-order chi connectivity index (χ0) is 22.4. The van der Waals surface area contributed by atoms with Gasteiger partial charge in [0.1, 0.15) is 18.2 Å². The van der Waals surface area contributed by atoms with Gasteiger partial charge in [-0.2, -0.15) is 0 Å². The van der Waals surface area contributed by atoms with E-state index in [0.29, 0.717) is 6.67 Å². The van der Waals surface area contributed by atoms with E-state index in [0.717, 1.165) is 34.3 Å². The normalized spacial score (nSPS) is 14.6. The van der Waals surface area contributed by atoms with Gasteiger partial charge >= 0.3 is 0 Å². The topological polar surface area (TPSA) is 43.6 Å². The molecule has 1 aliphatic rings. The van der Waals surface area contributed by atoms with E-state index in [2.05, 4.69) is 95.1 Å². The average Bonchev–Trinajstić information content (AvgIpc) is 3.23. The van der Waals surface area contributed by atoms with Crippen LogP contribution in [0.1, 0.15) is 18.1 Å². The summed E-state index contributed by atoms with van der Waals surface area (Å²) in [5.74, 6) is 1.82. The molecule has 0 atom stereocenters. The third-order valence-corrected chi connectivity index (χ3v) is 5.44. The third-order valence-electron chi connectivity index (χ3n) is 5.44. The Balaban J connectivity index is 1.76. The Morgan fingerprint density at radius 3 is 2.16 bits per heavy atom. The highest BCUT2D eigenvalue weighted by Crippen LogP contribution is 2.21. The minimum absolute atomic E-state index is 0.464. The first kappa shape index (κ1) is 22.2. The molecule has 0 saturated heterocycles. The van der Waals surface area contributed by atoms with E-state index in [-0.39, 0.29) is 0 Å². The van der Waals surface area contributed by atoms with E-state index in [4.69, 9.17) is 0 Å². The lowest BCUT2D eigenvalue weighted by Crippen LogP contribution is -2.31. The molecule has 1 aliphatic heterocycles. The van der Waals surface area contributed by atoms with Crippen molar-refractivity contribution >= 4 is 28.8 Å². The summed E-state index contributed by atoms with van der Waals surface area (Å²) in [5, 5.41) is 0. The molecule has 5 heteroatoms. The van der Waals surface area contributed by atoms with Gasteiger partial charge in [-0.25, -0.2) is 4.99 Å². The van der Waals surface area contributed by atoms with E-state index in [1.807, 2.05) is 38.4 Å². The van der Waals surface area contributed by atoms with E-state index >= 15 is 0 Å². The lowest BCUT2D eigenvalue weighted by atomic mass is 10.1. The van der Waals surface area contributed by atoms with Crippen LogP contribution in [0.5, 0.6) is 0 Å². The van der Waals surface area contributed by atoms with Gasteiger partial charge in [0.2, 0.25) is 0 Å². The molecule has 3 rings (SSSR count). The molecule has 5 nitrogen and oxygen atoms in total. The second-order valence-corrected chi connectivity index (χ2v) is 7.61. The van der Waals surface area contributed by atoms with Crippen molar-refractivity contribution in [3.63, 3.8) is 0 Å². The second kappa shape index (κ2) is 10.0. The maximum atomic E-state index is 4.60. The number of likely N-dealkylation sites (N-methyl/N-ethyl adjacent to an activating group) is 1. The summed E-state index contributed by atoms with van der Waals surface area (Å²) in [4.78, 5) is 17.9. The van der Waals surface area contributed by atoms with Crippen molar-refractivity contribution in [3.05, 3.63) is 83.5 Å². The van der Waals surface area contributed by atoms with Crippen molar-refractivity contribution in [1.29, 1.82) is 0 Å². The van der Waals surface area contributed by atoms with Crippen LogP contribution in [0.15, 0.2) is 87.3 Å². The Labute approximate surface area is 185 Å². The van der Waals surface area contributed by atoms with E-state index in [1.165, 1.54) is 11.1 Å². The number of anilines is 2. The summed E-state index contributed by atoms with van der Waals surface area (Å²) in [6.07, 6.45) is 6.12. The zero-order valence-electron chi connectivity index (χ0n) is 19.3. The van der Waals surface area contributed by atoms with E-state index in [9.17, 15) is 0 Å². The smallest absolute Gasteiger partial charge is 0.155 e. The largest absolute Gasteiger partial charge is 0.329 e. The number of hydrogen-bond acceptors (Lipinski definition) is 4. The fourth-order valence-corrected chi connectivity index (χ4v) is 3.79. The SMILES string of the molecule is C\N=C(/C(C)=C/C=C\C1=NCN=C1N(C)c1ccccc1C)N(C)c1ccccc1C. The van der Waals surface area contributed by atoms with Crippen LogP contribution in [0.2, 0.25) is 0 Å². The molecule has 0 saturated carbocycles. The number of benzene rings is 2. The van der Waals surface area contributed by atoms with Crippen LogP contribution in [-0.2, 0) is 0 Å². The summed E-state index contributed by atoms with van der Waals surface area (Å²) in [7, 11) is 5.92. The molecular weight excluding hydrogens is 382 g/mol. The minimum Gasteiger partial charge on any atom is -0.329 e. The maximum Gasteiger partial charge on any atom is 0.155 e. The van der Waals surface area contributed by atoms with Crippen LogP contribution in [-0.4, -0.2) is 45.2 Å². The number of rotatable bonds is 5. The Morgan fingerprint density at radius 2 is 1.55 bits per heavy atom. The van der Waals surface area contributed by atoms with Gasteiger partial charge in [0.15, 0.2) is 5.84 Å². The molecule has 2 aromatic carbocycles. The van der Waals surface area contributed by atoms with Crippen LogP contribution < -0.4 is 9.80 Å². The van der Waals surface area contributed by atoms with Crippen molar-refractivity contribution in [2.75, 3.05) is 37.6 Å². The molecule has 0 aromatic heterocycles. The first-order valence-electron chi connectivity index (χ1n) is 10.4. The molecule has 31 heavy (non-hydrogen) atoms. The number of allylic oxidation sites excluding steroid dienone is 2. The van der Waals surface area contributed by atoms with E-state index < -0.39 is 0 Å². The van der Waals surface area contributed by atoms with Gasteiger partial charge < -0.3 is 9.80 Å². The predicted molar refractivity (Wildman–Crippen MR) is 135 cm³/mol. The van der Waals surface area contributed by atoms with Crippen molar-refractivity contribution in [2.45, 2.75) is 20.8 Å². The summed E-state index contributed by atoms with van der Waals surface area (Å²) in [5.41, 5.74) is 6.67. The van der Waals surface area contributed by atoms with Crippen molar-refractivity contribution in [1.82, 2.24) is 0 Å². The first-order valence-corrected chi connectivity index (χ1v) is 10.4. The molecule has 160 valence electrons. The number of hydrogen-bond donors (Lipinski definition) is 0. The minimum atomic E-state index is 0.464. The molecule has 0 bridgehead atoms. The molecule has 0 radical (unpaired) electrons. The average molecular weight is 414 g/mol. The van der Waals surface area contributed by atoms with Gasteiger partial charge in [-0.15, -0.1) is 0 Å². The highest BCUT2D eigenvalue weighted by Gasteiger charge is 2.18. The van der Waals surface area contributed by atoms with Crippen LogP contribution in [0.4, 0.5) is 11.4 Å². The second-order valence-electron chi connectivity index (χ2n) is 7.61. The highest BCUT2D eigenvalue weighted by atomic mass is 15.2. The van der Waals surface area contributed by atoms with Crippen LogP contribution in [0, 0.1) is 13.8 Å². The molecule has 1 heterocycles. The number of amidine groups is 2. The first-order chi connectivity index (χ1) is 14.9. The van der Waals surface area contributed by atoms with Crippen LogP contribution in [0.3, 0.4) is 0 Å². The molecular formula is C26H31N5. The number of aryl methyl sites for hydroxylation is 2. The van der Waals surface area contributed by atoms with Gasteiger partial charge in [0.05, 0.1) is 0 Å². The van der Waals surface area contributed by atoms with Gasteiger partial charge in [0.25, 0.3) is 0 Å². The molecule has 0 unspecified atom stereocenters. The standard InChI is InChI=1S/C26H31N5/c1-19-12-7-9-16-23(19)30(5)25(27-4)21(3)14-11-15-22-26(29-18-28-22)31(6)24-17-10-8-13-20(24)2/h7-17H,18H2,1-6H3/b15-11-,21-14+,27-25+. The Bertz CT molecular complexity index is 1090. The quantitative estimate of drug-likeness (QED) is 0.383. The number of aliphatic imine (C=N–C) groups is 3. The van der Waals surface area contributed by atoms with Crippen LogP contribution >= 0.6 is 0 Å². The van der Waals surface area contributed by atoms with Crippen molar-refractivity contribution < 1.29 is 0 Å². The molecule has 0 aliphatic carbocycles. The summed E-state index contributed by atoms with van der Waals surface area (Å²) < 4.78 is 0. The Hall–Kier alpha value is -3.47. The predicted octanol–water partition coefficient (Wildman–Crippen LogP) is 5.22. The van der Waals surface area contributed by atoms with Gasteiger partial charge in [-0.1, -0.05) is 48.6 Å². The van der Waals surface area contributed by atoms with E-state index in [1.54, 1.807) is 0 Å². The molecule has 0 N–H and O–H groups in total. The lowest BCUT2D eigenvalue weighted by molar-refractivity contribution is 1.09. The van der Waals surface area contributed by atoms with Gasteiger partial charge in [0, 0.05) is 32.5 Å². The Kier molecular flexibility index (Phi) is 7.19. The van der Waals surface area contributed by atoms with Gasteiger partial charge in [-0.05, 0) is 55.7 Å². The monoisotopic (exact) mass is 413 g/mol. The van der Waals surface area contributed by atoms with Crippen molar-refractivity contribution in [3.8, 4) is 0 Å². The lowest BCUT2D eigenvalue weighted by Gasteiger charge is -2.23.